The fourth-order valence-corrected chi connectivity index (χ4v) is 3.07. The predicted octanol–water partition coefficient (Wildman–Crippen LogP) is 3.43. The Morgan fingerprint density at radius 3 is 1.59 bits per heavy atom. The van der Waals surface area contributed by atoms with Gasteiger partial charge in [0.2, 0.25) is 0 Å². The van der Waals surface area contributed by atoms with E-state index in [1.807, 2.05) is 0 Å². The van der Waals surface area contributed by atoms with Crippen LogP contribution >= 0.6 is 0 Å². The third kappa shape index (κ3) is 6.81. The molecule has 0 amide bonds. The molecule has 0 unspecified atom stereocenters. The van der Waals surface area contributed by atoms with E-state index in [0.717, 1.165) is 45.7 Å². The number of rotatable bonds is 9. The van der Waals surface area contributed by atoms with Crippen molar-refractivity contribution in [3.63, 3.8) is 0 Å². The van der Waals surface area contributed by atoms with Crippen LogP contribution in [-0.2, 0) is 0 Å². The second-order valence-corrected chi connectivity index (χ2v) is 6.64. The lowest BCUT2D eigenvalue weighted by Gasteiger charge is -2.34. The Morgan fingerprint density at radius 2 is 1.07 bits per heavy atom. The van der Waals surface area contributed by atoms with Gasteiger partial charge in [-0.25, -0.2) is 8.78 Å². The summed E-state index contributed by atoms with van der Waals surface area (Å²) in [6.07, 6.45) is 0.949. The van der Waals surface area contributed by atoms with Crippen LogP contribution < -0.4 is 9.47 Å². The lowest BCUT2D eigenvalue weighted by Crippen LogP contribution is -2.47. The molecule has 1 aliphatic heterocycles. The minimum Gasteiger partial charge on any atom is -0.494 e. The van der Waals surface area contributed by atoms with Crippen molar-refractivity contribution in [1.82, 2.24) is 9.80 Å². The van der Waals surface area contributed by atoms with Crippen molar-refractivity contribution in [3.05, 3.63) is 60.2 Å². The van der Waals surface area contributed by atoms with Crippen LogP contribution in [0.5, 0.6) is 11.5 Å². The molecule has 1 saturated heterocycles. The molecule has 0 radical (unpaired) electrons. The van der Waals surface area contributed by atoms with Gasteiger partial charge in [0.1, 0.15) is 29.7 Å². The summed E-state index contributed by atoms with van der Waals surface area (Å²) in [7, 11) is 0. The smallest absolute Gasteiger partial charge is 0.123 e. The summed E-state index contributed by atoms with van der Waals surface area (Å²) in [5.74, 6) is 0.920. The molecule has 0 aliphatic carbocycles. The third-order valence-electron chi connectivity index (χ3n) is 4.66. The van der Waals surface area contributed by atoms with Crippen LogP contribution in [0.25, 0.3) is 0 Å². The van der Waals surface area contributed by atoms with E-state index < -0.39 is 0 Å². The first kappa shape index (κ1) is 19.6. The topological polar surface area (TPSA) is 24.9 Å². The quantitative estimate of drug-likeness (QED) is 0.626. The van der Waals surface area contributed by atoms with Crippen molar-refractivity contribution in [1.29, 1.82) is 0 Å². The molecule has 2 aromatic rings. The minimum atomic E-state index is -0.249. The second-order valence-electron chi connectivity index (χ2n) is 6.64. The van der Waals surface area contributed by atoms with Crippen molar-refractivity contribution in [2.24, 2.45) is 0 Å². The Bertz CT molecular complexity index is 672. The molecule has 1 fully saturated rings. The van der Waals surface area contributed by atoms with Gasteiger partial charge in [-0.15, -0.1) is 0 Å². The van der Waals surface area contributed by atoms with Gasteiger partial charge in [-0.3, -0.25) is 4.90 Å². The average Bonchev–Trinajstić information content (AvgIpc) is 2.69. The fourth-order valence-electron chi connectivity index (χ4n) is 3.07. The van der Waals surface area contributed by atoms with Crippen LogP contribution in [0.3, 0.4) is 0 Å². The van der Waals surface area contributed by atoms with Gasteiger partial charge in [-0.05, 0) is 55.0 Å². The molecule has 27 heavy (non-hydrogen) atoms. The number of piperazine rings is 1. The van der Waals surface area contributed by atoms with Crippen LogP contribution in [0.2, 0.25) is 0 Å². The SMILES string of the molecule is Fc1ccc(OCCCN2CCN(CCOc3ccc(F)cc3)CC2)cc1. The zero-order valence-electron chi connectivity index (χ0n) is 15.4. The van der Waals surface area contributed by atoms with Crippen LogP contribution in [0, 0.1) is 11.6 Å². The number of ether oxygens (including phenoxy) is 2. The van der Waals surface area contributed by atoms with Crippen LogP contribution in [0.4, 0.5) is 8.78 Å². The second kappa shape index (κ2) is 10.2. The third-order valence-corrected chi connectivity index (χ3v) is 4.66. The molecule has 6 heteroatoms. The first-order chi connectivity index (χ1) is 13.2. The van der Waals surface area contributed by atoms with Gasteiger partial charge in [0.25, 0.3) is 0 Å². The van der Waals surface area contributed by atoms with Crippen LogP contribution in [0.1, 0.15) is 6.42 Å². The molecule has 0 N–H and O–H groups in total. The van der Waals surface area contributed by atoms with E-state index >= 15 is 0 Å². The maximum absolute atomic E-state index is 12.9. The molecule has 0 saturated carbocycles. The van der Waals surface area contributed by atoms with Gasteiger partial charge in [-0.1, -0.05) is 0 Å². The maximum Gasteiger partial charge on any atom is 0.123 e. The average molecular weight is 376 g/mol. The Labute approximate surface area is 159 Å². The maximum atomic E-state index is 12.9. The predicted molar refractivity (Wildman–Crippen MR) is 101 cm³/mol. The molecule has 2 aromatic carbocycles. The molecular formula is C21H26F2N2O2. The van der Waals surface area contributed by atoms with E-state index in [-0.39, 0.29) is 11.6 Å². The molecule has 0 spiro atoms. The molecule has 3 rings (SSSR count). The molecule has 0 aromatic heterocycles. The van der Waals surface area contributed by atoms with Gasteiger partial charge in [0, 0.05) is 39.3 Å². The molecule has 4 nitrogen and oxygen atoms in total. The summed E-state index contributed by atoms with van der Waals surface area (Å²) in [5, 5.41) is 0. The van der Waals surface area contributed by atoms with Crippen molar-refractivity contribution in [2.75, 3.05) is 52.5 Å². The highest BCUT2D eigenvalue weighted by Gasteiger charge is 2.16. The number of benzene rings is 2. The zero-order valence-corrected chi connectivity index (χ0v) is 15.4. The molecule has 1 heterocycles. The monoisotopic (exact) mass is 376 g/mol. The molecule has 146 valence electrons. The summed E-state index contributed by atoms with van der Waals surface area (Å²) in [6, 6.07) is 12.3. The van der Waals surface area contributed by atoms with E-state index in [1.165, 1.54) is 24.3 Å². The number of nitrogens with zero attached hydrogens (tertiary/aromatic N) is 2. The van der Waals surface area contributed by atoms with Crippen LogP contribution in [-0.4, -0.2) is 62.3 Å². The fraction of sp³-hybridized carbons (Fsp3) is 0.429. The minimum absolute atomic E-state index is 0.247. The van der Waals surface area contributed by atoms with Crippen molar-refractivity contribution in [2.45, 2.75) is 6.42 Å². The molecule has 1 aliphatic rings. The van der Waals surface area contributed by atoms with E-state index in [4.69, 9.17) is 9.47 Å². The van der Waals surface area contributed by atoms with Crippen molar-refractivity contribution < 1.29 is 18.3 Å². The molecule has 0 atom stereocenters. The van der Waals surface area contributed by atoms with E-state index in [2.05, 4.69) is 9.80 Å². The van der Waals surface area contributed by atoms with Crippen LogP contribution in [0.15, 0.2) is 48.5 Å². The van der Waals surface area contributed by atoms with Gasteiger partial charge in [0.15, 0.2) is 0 Å². The van der Waals surface area contributed by atoms with Gasteiger partial charge >= 0.3 is 0 Å². The lowest BCUT2D eigenvalue weighted by atomic mass is 10.3. The summed E-state index contributed by atoms with van der Waals surface area (Å²) < 4.78 is 37.0. The van der Waals surface area contributed by atoms with E-state index in [9.17, 15) is 8.78 Å². The van der Waals surface area contributed by atoms with Crippen molar-refractivity contribution >= 4 is 0 Å². The first-order valence-electron chi connectivity index (χ1n) is 9.40. The standard InChI is InChI=1S/C21H26F2N2O2/c22-18-2-6-20(7-3-18)26-16-1-10-24-11-13-25(14-12-24)15-17-27-21-8-4-19(23)5-9-21/h2-9H,1,10-17H2. The highest BCUT2D eigenvalue weighted by Crippen LogP contribution is 2.12. The summed E-state index contributed by atoms with van der Waals surface area (Å²) in [6.45, 7) is 7.23. The summed E-state index contributed by atoms with van der Waals surface area (Å²) >= 11 is 0. The Balaban J connectivity index is 1.24. The summed E-state index contributed by atoms with van der Waals surface area (Å²) in [5.41, 5.74) is 0. The Hall–Kier alpha value is -2.18. The number of hydrogen-bond acceptors (Lipinski definition) is 4. The lowest BCUT2D eigenvalue weighted by molar-refractivity contribution is 0.112. The normalized spacial score (nSPS) is 15.6. The largest absolute Gasteiger partial charge is 0.494 e. The Kier molecular flexibility index (Phi) is 7.42. The highest BCUT2D eigenvalue weighted by molar-refractivity contribution is 5.22. The molecule has 0 bridgehead atoms. The van der Waals surface area contributed by atoms with E-state index in [1.54, 1.807) is 24.3 Å². The zero-order chi connectivity index (χ0) is 18.9. The van der Waals surface area contributed by atoms with Gasteiger partial charge in [-0.2, -0.15) is 0 Å². The van der Waals surface area contributed by atoms with Crippen molar-refractivity contribution in [3.8, 4) is 11.5 Å². The van der Waals surface area contributed by atoms with Gasteiger partial charge < -0.3 is 14.4 Å². The number of halogens is 2. The number of hydrogen-bond donors (Lipinski definition) is 0. The summed E-state index contributed by atoms with van der Waals surface area (Å²) in [4.78, 5) is 4.82. The van der Waals surface area contributed by atoms with Gasteiger partial charge in [0.05, 0.1) is 6.61 Å². The Morgan fingerprint density at radius 1 is 0.630 bits per heavy atom. The van der Waals surface area contributed by atoms with E-state index in [0.29, 0.717) is 24.7 Å². The first-order valence-corrected chi connectivity index (χ1v) is 9.40. The molecular weight excluding hydrogens is 350 g/mol. The highest BCUT2D eigenvalue weighted by atomic mass is 19.1.